The summed E-state index contributed by atoms with van der Waals surface area (Å²) in [5.41, 5.74) is 0. The van der Waals surface area contributed by atoms with Gasteiger partial charge in [0.15, 0.2) is 0 Å². The van der Waals surface area contributed by atoms with Gasteiger partial charge in [-0.2, -0.15) is 11.8 Å². The Morgan fingerprint density at radius 1 is 1.33 bits per heavy atom. The first kappa shape index (κ1) is 10.4. The second-order valence-electron chi connectivity index (χ2n) is 3.30. The Kier molecular flexibility index (Phi) is 5.04. The van der Waals surface area contributed by atoms with Gasteiger partial charge in [0.2, 0.25) is 0 Å². The van der Waals surface area contributed by atoms with Gasteiger partial charge in [-0.15, -0.1) is 0 Å². The van der Waals surface area contributed by atoms with E-state index in [9.17, 15) is 0 Å². The zero-order valence-electron chi connectivity index (χ0n) is 8.25. The van der Waals surface area contributed by atoms with E-state index in [2.05, 4.69) is 35.8 Å². The zero-order chi connectivity index (χ0) is 8.81. The zero-order valence-corrected chi connectivity index (χ0v) is 9.07. The second-order valence-corrected chi connectivity index (χ2v) is 4.53. The van der Waals surface area contributed by atoms with Crippen molar-refractivity contribution in [2.45, 2.75) is 19.8 Å². The summed E-state index contributed by atoms with van der Waals surface area (Å²) in [6.07, 6.45) is 2.62. The van der Waals surface area contributed by atoms with Gasteiger partial charge in [0.25, 0.3) is 0 Å². The van der Waals surface area contributed by atoms with Crippen LogP contribution in [0.4, 0.5) is 0 Å². The van der Waals surface area contributed by atoms with Crippen molar-refractivity contribution in [2.75, 3.05) is 38.2 Å². The number of hydrazine groups is 1. The molecule has 1 aliphatic heterocycles. The number of nitrogens with zero attached hydrogens (tertiary/aromatic N) is 2. The van der Waals surface area contributed by atoms with Gasteiger partial charge < -0.3 is 0 Å². The Morgan fingerprint density at radius 3 is 2.58 bits per heavy atom. The van der Waals surface area contributed by atoms with Crippen molar-refractivity contribution >= 4 is 11.8 Å². The van der Waals surface area contributed by atoms with Crippen molar-refractivity contribution in [1.82, 2.24) is 10.0 Å². The first-order chi connectivity index (χ1) is 5.84. The van der Waals surface area contributed by atoms with E-state index < -0.39 is 0 Å². The number of thioether (sulfide) groups is 1. The Morgan fingerprint density at radius 2 is 2.00 bits per heavy atom. The predicted octanol–water partition coefficient (Wildman–Crippen LogP) is 1.68. The van der Waals surface area contributed by atoms with Gasteiger partial charge in [-0.25, -0.2) is 10.0 Å². The van der Waals surface area contributed by atoms with Crippen LogP contribution in [0.5, 0.6) is 0 Å². The van der Waals surface area contributed by atoms with Gasteiger partial charge in [0.05, 0.1) is 0 Å². The fourth-order valence-corrected chi connectivity index (χ4v) is 2.31. The Hall–Kier alpha value is 0.270. The third kappa shape index (κ3) is 3.33. The van der Waals surface area contributed by atoms with E-state index >= 15 is 0 Å². The van der Waals surface area contributed by atoms with Gasteiger partial charge in [0.1, 0.15) is 0 Å². The molecular formula is C9H20N2S. The van der Waals surface area contributed by atoms with Crippen molar-refractivity contribution in [3.63, 3.8) is 0 Å². The number of unbranched alkanes of at least 4 members (excludes halogenated alkanes) is 1. The molecule has 72 valence electrons. The molecule has 0 aromatic rings. The minimum atomic E-state index is 1.22. The van der Waals surface area contributed by atoms with Crippen LogP contribution in [0.25, 0.3) is 0 Å². The SMILES string of the molecule is CCCCN(C)N1CCSCC1. The molecule has 0 atom stereocenters. The molecule has 1 heterocycles. The maximum atomic E-state index is 2.48. The minimum Gasteiger partial charge on any atom is -0.245 e. The molecule has 0 aromatic carbocycles. The van der Waals surface area contributed by atoms with Gasteiger partial charge in [-0.05, 0) is 6.42 Å². The molecule has 12 heavy (non-hydrogen) atoms. The molecule has 0 unspecified atom stereocenters. The molecule has 1 fully saturated rings. The van der Waals surface area contributed by atoms with Crippen LogP contribution in [0.15, 0.2) is 0 Å². The second kappa shape index (κ2) is 5.84. The average molecular weight is 188 g/mol. The summed E-state index contributed by atoms with van der Waals surface area (Å²) in [6, 6.07) is 0. The first-order valence-electron chi connectivity index (χ1n) is 4.88. The molecule has 1 rings (SSSR count). The number of hydrogen-bond donors (Lipinski definition) is 0. The highest BCUT2D eigenvalue weighted by Gasteiger charge is 2.13. The van der Waals surface area contributed by atoms with E-state index in [4.69, 9.17) is 0 Å². The van der Waals surface area contributed by atoms with E-state index in [1.54, 1.807) is 0 Å². The topological polar surface area (TPSA) is 6.48 Å². The third-order valence-corrected chi connectivity index (χ3v) is 3.25. The molecule has 1 saturated heterocycles. The molecule has 2 nitrogen and oxygen atoms in total. The molecule has 0 saturated carbocycles. The maximum absolute atomic E-state index is 2.48. The third-order valence-electron chi connectivity index (χ3n) is 2.31. The summed E-state index contributed by atoms with van der Waals surface area (Å²) >= 11 is 2.07. The van der Waals surface area contributed by atoms with E-state index in [1.807, 2.05) is 0 Å². The molecule has 0 N–H and O–H groups in total. The molecule has 0 spiro atoms. The van der Waals surface area contributed by atoms with Crippen LogP contribution in [0, 0.1) is 0 Å². The highest BCUT2D eigenvalue weighted by atomic mass is 32.2. The summed E-state index contributed by atoms with van der Waals surface area (Å²) in [5, 5.41) is 4.87. The maximum Gasteiger partial charge on any atom is 0.0224 e. The van der Waals surface area contributed by atoms with E-state index in [1.165, 1.54) is 44.0 Å². The largest absolute Gasteiger partial charge is 0.245 e. The van der Waals surface area contributed by atoms with Gasteiger partial charge >= 0.3 is 0 Å². The van der Waals surface area contributed by atoms with E-state index in [0.717, 1.165) is 0 Å². The molecule has 0 radical (unpaired) electrons. The Labute approximate surface area is 80.3 Å². The van der Waals surface area contributed by atoms with Gasteiger partial charge in [0, 0.05) is 38.2 Å². The monoisotopic (exact) mass is 188 g/mol. The first-order valence-corrected chi connectivity index (χ1v) is 6.04. The smallest absolute Gasteiger partial charge is 0.0224 e. The predicted molar refractivity (Wildman–Crippen MR) is 56.4 cm³/mol. The van der Waals surface area contributed by atoms with Crippen LogP contribution < -0.4 is 0 Å². The van der Waals surface area contributed by atoms with Crippen LogP contribution >= 0.6 is 11.8 Å². The molecule has 0 aromatic heterocycles. The van der Waals surface area contributed by atoms with Crippen LogP contribution in [0.1, 0.15) is 19.8 Å². The van der Waals surface area contributed by atoms with E-state index in [0.29, 0.717) is 0 Å². The lowest BCUT2D eigenvalue weighted by Crippen LogP contribution is -2.45. The summed E-state index contributed by atoms with van der Waals surface area (Å²) in [4.78, 5) is 0. The molecule has 0 amide bonds. The lowest BCUT2D eigenvalue weighted by atomic mass is 10.3. The van der Waals surface area contributed by atoms with E-state index in [-0.39, 0.29) is 0 Å². The van der Waals surface area contributed by atoms with Crippen molar-refractivity contribution in [3.8, 4) is 0 Å². The minimum absolute atomic E-state index is 1.22. The normalized spacial score (nSPS) is 20.2. The molecule has 0 bridgehead atoms. The summed E-state index contributed by atoms with van der Waals surface area (Å²) in [7, 11) is 2.21. The van der Waals surface area contributed by atoms with Crippen molar-refractivity contribution < 1.29 is 0 Å². The van der Waals surface area contributed by atoms with Gasteiger partial charge in [-0.3, -0.25) is 0 Å². The molecule has 0 aliphatic carbocycles. The summed E-state index contributed by atoms with van der Waals surface area (Å²) in [5.74, 6) is 2.60. The summed E-state index contributed by atoms with van der Waals surface area (Å²) < 4.78 is 0. The van der Waals surface area contributed by atoms with Crippen LogP contribution in [0.3, 0.4) is 0 Å². The standard InChI is InChI=1S/C9H20N2S/c1-3-4-5-10(2)11-6-8-12-9-7-11/h3-9H2,1-2H3. The Bertz CT molecular complexity index is 113. The molecular weight excluding hydrogens is 168 g/mol. The highest BCUT2D eigenvalue weighted by molar-refractivity contribution is 7.99. The molecule has 3 heteroatoms. The fourth-order valence-electron chi connectivity index (χ4n) is 1.42. The number of hydrogen-bond acceptors (Lipinski definition) is 3. The highest BCUT2D eigenvalue weighted by Crippen LogP contribution is 2.10. The van der Waals surface area contributed by atoms with Crippen LogP contribution in [-0.2, 0) is 0 Å². The fraction of sp³-hybridized carbons (Fsp3) is 1.00. The van der Waals surface area contributed by atoms with Crippen LogP contribution in [-0.4, -0.2) is 48.2 Å². The lowest BCUT2D eigenvalue weighted by molar-refractivity contribution is 0.00862. The average Bonchev–Trinajstić information content (AvgIpc) is 2.15. The summed E-state index contributed by atoms with van der Waals surface area (Å²) in [6.45, 7) is 5.96. The van der Waals surface area contributed by atoms with Crippen molar-refractivity contribution in [3.05, 3.63) is 0 Å². The molecule has 1 aliphatic rings. The van der Waals surface area contributed by atoms with Crippen LogP contribution in [0.2, 0.25) is 0 Å². The lowest BCUT2D eigenvalue weighted by Gasteiger charge is -2.34. The quantitative estimate of drug-likeness (QED) is 0.663. The Balaban J connectivity index is 2.15. The van der Waals surface area contributed by atoms with Crippen molar-refractivity contribution in [1.29, 1.82) is 0 Å². The van der Waals surface area contributed by atoms with Crippen molar-refractivity contribution in [2.24, 2.45) is 0 Å². The number of rotatable bonds is 4. The van der Waals surface area contributed by atoms with Gasteiger partial charge in [-0.1, -0.05) is 13.3 Å².